The molecule has 1 unspecified atom stereocenters. The summed E-state index contributed by atoms with van der Waals surface area (Å²) in [6.07, 6.45) is 2.62. The van der Waals surface area contributed by atoms with Crippen LogP contribution in [0.2, 0.25) is 6.32 Å². The molecule has 1 aliphatic rings. The van der Waals surface area contributed by atoms with Gasteiger partial charge in [-0.2, -0.15) is 0 Å². The van der Waals surface area contributed by atoms with Crippen LogP contribution in [0.3, 0.4) is 0 Å². The summed E-state index contributed by atoms with van der Waals surface area (Å²) in [6, 6.07) is 0. The first kappa shape index (κ1) is 8.09. The highest BCUT2D eigenvalue weighted by atomic mass is 16.7. The van der Waals surface area contributed by atoms with Gasteiger partial charge in [-0.1, -0.05) is 6.32 Å². The molecule has 10 heavy (non-hydrogen) atoms. The van der Waals surface area contributed by atoms with Crippen LogP contribution < -0.4 is 0 Å². The highest BCUT2D eigenvalue weighted by Crippen LogP contribution is 2.24. The maximum Gasteiger partial charge on any atom is 0.163 e. The third-order valence-corrected chi connectivity index (χ3v) is 1.68. The molecule has 1 atom stereocenters. The summed E-state index contributed by atoms with van der Waals surface area (Å²) >= 11 is 0. The molecule has 1 heterocycles. The second kappa shape index (κ2) is 2.93. The van der Waals surface area contributed by atoms with Gasteiger partial charge in [0.1, 0.15) is 7.85 Å². The van der Waals surface area contributed by atoms with Gasteiger partial charge in [0.05, 0.1) is 12.7 Å². The molecule has 0 aromatic carbocycles. The molecule has 0 saturated carbocycles. The number of rotatable bonds is 2. The summed E-state index contributed by atoms with van der Waals surface area (Å²) in [5.41, 5.74) is 0. The number of hydrogen-bond donors (Lipinski definition) is 0. The Bertz CT molecular complexity index is 114. The van der Waals surface area contributed by atoms with Gasteiger partial charge in [-0.15, -0.1) is 0 Å². The Morgan fingerprint density at radius 3 is 2.70 bits per heavy atom. The van der Waals surface area contributed by atoms with Crippen molar-refractivity contribution in [2.24, 2.45) is 0 Å². The zero-order chi connectivity index (χ0) is 7.61. The van der Waals surface area contributed by atoms with E-state index in [1.165, 1.54) is 6.32 Å². The summed E-state index contributed by atoms with van der Waals surface area (Å²) in [4.78, 5) is 0. The van der Waals surface area contributed by atoms with Crippen molar-refractivity contribution < 1.29 is 9.47 Å². The third kappa shape index (κ3) is 1.99. The summed E-state index contributed by atoms with van der Waals surface area (Å²) in [5, 5.41) is 0. The lowest BCUT2D eigenvalue weighted by atomic mass is 9.99. The van der Waals surface area contributed by atoms with Crippen LogP contribution in [0, 0.1) is 0 Å². The van der Waals surface area contributed by atoms with E-state index in [0.717, 1.165) is 13.0 Å². The Kier molecular flexibility index (Phi) is 2.37. The smallest absolute Gasteiger partial charge is 0.163 e. The van der Waals surface area contributed by atoms with Crippen LogP contribution in [-0.2, 0) is 9.47 Å². The molecular weight excluding hydrogens is 127 g/mol. The Balaban J connectivity index is 2.29. The van der Waals surface area contributed by atoms with Crippen molar-refractivity contribution in [1.82, 2.24) is 0 Å². The zero-order valence-corrected chi connectivity index (χ0v) is 7.02. The summed E-state index contributed by atoms with van der Waals surface area (Å²) in [7, 11) is 2.16. The molecule has 1 aliphatic heterocycles. The minimum atomic E-state index is -0.333. The van der Waals surface area contributed by atoms with Crippen LogP contribution in [-0.4, -0.2) is 26.3 Å². The molecule has 3 heteroatoms. The zero-order valence-electron chi connectivity index (χ0n) is 7.02. The SMILES string of the molecule is BCCC1COC(C)(C)O1. The second-order valence-electron chi connectivity index (χ2n) is 3.24. The minimum absolute atomic E-state index is 0.333. The van der Waals surface area contributed by atoms with Crippen LogP contribution in [0.1, 0.15) is 20.3 Å². The minimum Gasteiger partial charge on any atom is -0.348 e. The second-order valence-corrected chi connectivity index (χ2v) is 3.24. The molecule has 0 radical (unpaired) electrons. The molecule has 2 nitrogen and oxygen atoms in total. The number of hydrogen-bond acceptors (Lipinski definition) is 2. The lowest BCUT2D eigenvalue weighted by Crippen LogP contribution is -2.21. The van der Waals surface area contributed by atoms with Crippen molar-refractivity contribution in [3.8, 4) is 0 Å². The monoisotopic (exact) mass is 142 g/mol. The normalized spacial score (nSPS) is 30.8. The first-order chi connectivity index (χ1) is 4.64. The van der Waals surface area contributed by atoms with Gasteiger partial charge in [0.2, 0.25) is 0 Å². The third-order valence-electron chi connectivity index (χ3n) is 1.68. The van der Waals surface area contributed by atoms with Gasteiger partial charge in [0, 0.05) is 0 Å². The predicted octanol–water partition coefficient (Wildman–Crippen LogP) is 0.579. The lowest BCUT2D eigenvalue weighted by Gasteiger charge is -2.16. The Labute approximate surface area is 63.3 Å². The van der Waals surface area contributed by atoms with Gasteiger partial charge >= 0.3 is 0 Å². The van der Waals surface area contributed by atoms with Crippen LogP contribution in [0.25, 0.3) is 0 Å². The predicted molar refractivity (Wildman–Crippen MR) is 42.9 cm³/mol. The molecule has 0 aromatic heterocycles. The fourth-order valence-electron chi connectivity index (χ4n) is 1.23. The van der Waals surface area contributed by atoms with Gasteiger partial charge in [0.25, 0.3) is 0 Å². The maximum absolute atomic E-state index is 5.57. The highest BCUT2D eigenvalue weighted by molar-refractivity contribution is 6.08. The van der Waals surface area contributed by atoms with Crippen molar-refractivity contribution in [3.63, 3.8) is 0 Å². The van der Waals surface area contributed by atoms with Gasteiger partial charge in [-0.3, -0.25) is 0 Å². The molecule has 1 rings (SSSR count). The van der Waals surface area contributed by atoms with Crippen molar-refractivity contribution in [2.75, 3.05) is 6.61 Å². The summed E-state index contributed by atoms with van der Waals surface area (Å²) < 4.78 is 11.0. The van der Waals surface area contributed by atoms with Crippen molar-refractivity contribution >= 4 is 7.85 Å². The molecule has 0 N–H and O–H groups in total. The fourth-order valence-corrected chi connectivity index (χ4v) is 1.23. The Hall–Kier alpha value is -0.0151. The van der Waals surface area contributed by atoms with Gasteiger partial charge in [-0.05, 0) is 20.3 Å². The van der Waals surface area contributed by atoms with E-state index in [1.54, 1.807) is 0 Å². The largest absolute Gasteiger partial charge is 0.348 e. The molecule has 1 fully saturated rings. The van der Waals surface area contributed by atoms with E-state index in [-0.39, 0.29) is 5.79 Å². The van der Waals surface area contributed by atoms with Crippen molar-refractivity contribution in [2.45, 2.75) is 38.5 Å². The van der Waals surface area contributed by atoms with E-state index in [4.69, 9.17) is 9.47 Å². The van der Waals surface area contributed by atoms with E-state index in [9.17, 15) is 0 Å². The average Bonchev–Trinajstić information content (AvgIpc) is 2.12. The Morgan fingerprint density at radius 2 is 2.30 bits per heavy atom. The van der Waals surface area contributed by atoms with E-state index in [2.05, 4.69) is 7.85 Å². The van der Waals surface area contributed by atoms with Crippen LogP contribution >= 0.6 is 0 Å². The molecule has 0 bridgehead atoms. The number of ether oxygens (including phenoxy) is 2. The van der Waals surface area contributed by atoms with Gasteiger partial charge in [0.15, 0.2) is 5.79 Å². The summed E-state index contributed by atoms with van der Waals surface area (Å²) in [6.45, 7) is 4.69. The Morgan fingerprint density at radius 1 is 1.60 bits per heavy atom. The highest BCUT2D eigenvalue weighted by Gasteiger charge is 2.31. The standard InChI is InChI=1S/C7H15BO2/c1-7(2)9-5-6(10-7)3-4-8/h6H,3-5,8H2,1-2H3. The molecule has 0 aromatic rings. The molecular formula is C7H15BO2. The first-order valence-electron chi connectivity index (χ1n) is 3.96. The topological polar surface area (TPSA) is 18.5 Å². The quantitative estimate of drug-likeness (QED) is 0.525. The molecule has 0 aliphatic carbocycles. The van der Waals surface area contributed by atoms with E-state index < -0.39 is 0 Å². The van der Waals surface area contributed by atoms with E-state index >= 15 is 0 Å². The first-order valence-corrected chi connectivity index (χ1v) is 3.96. The molecule has 0 spiro atoms. The van der Waals surface area contributed by atoms with Gasteiger partial charge < -0.3 is 9.47 Å². The molecule has 58 valence electrons. The fraction of sp³-hybridized carbons (Fsp3) is 1.00. The van der Waals surface area contributed by atoms with Gasteiger partial charge in [-0.25, -0.2) is 0 Å². The average molecular weight is 142 g/mol. The van der Waals surface area contributed by atoms with E-state index in [0.29, 0.717) is 6.10 Å². The van der Waals surface area contributed by atoms with E-state index in [1.807, 2.05) is 13.8 Å². The van der Waals surface area contributed by atoms with Crippen molar-refractivity contribution in [3.05, 3.63) is 0 Å². The molecule has 1 saturated heterocycles. The van der Waals surface area contributed by atoms with Crippen LogP contribution in [0.5, 0.6) is 0 Å². The van der Waals surface area contributed by atoms with Crippen LogP contribution in [0.15, 0.2) is 0 Å². The summed E-state index contributed by atoms with van der Waals surface area (Å²) in [5.74, 6) is -0.333. The van der Waals surface area contributed by atoms with Crippen molar-refractivity contribution in [1.29, 1.82) is 0 Å². The maximum atomic E-state index is 5.57. The molecule has 0 amide bonds. The lowest BCUT2D eigenvalue weighted by molar-refractivity contribution is -0.138. The van der Waals surface area contributed by atoms with Crippen LogP contribution in [0.4, 0.5) is 0 Å².